The van der Waals surface area contributed by atoms with Gasteiger partial charge < -0.3 is 15.8 Å². The second kappa shape index (κ2) is 9.41. The van der Waals surface area contributed by atoms with Crippen LogP contribution < -0.4 is 20.7 Å². The van der Waals surface area contributed by atoms with E-state index >= 15 is 0 Å². The number of halogens is 1. The van der Waals surface area contributed by atoms with Crippen LogP contribution in [0.5, 0.6) is 5.75 Å². The molecule has 1 heterocycles. The number of esters is 1. The van der Waals surface area contributed by atoms with Gasteiger partial charge in [-0.3, -0.25) is 9.59 Å². The Balaban J connectivity index is 1.47. The molecule has 1 aliphatic rings. The first-order valence-corrected chi connectivity index (χ1v) is 11.0. The van der Waals surface area contributed by atoms with Gasteiger partial charge in [0.15, 0.2) is 5.75 Å². The Labute approximate surface area is 201 Å². The highest BCUT2D eigenvalue weighted by atomic mass is 35.5. The van der Waals surface area contributed by atoms with Gasteiger partial charge in [-0.1, -0.05) is 36.7 Å². The number of aryl methyl sites for hydroxylation is 2. The number of hydrogen-bond donors (Lipinski definition) is 2. The van der Waals surface area contributed by atoms with E-state index < -0.39 is 17.8 Å². The fourth-order valence-corrected chi connectivity index (χ4v) is 3.69. The van der Waals surface area contributed by atoms with Crippen LogP contribution in [0.2, 0.25) is 0 Å². The van der Waals surface area contributed by atoms with Gasteiger partial charge in [0.2, 0.25) is 0 Å². The summed E-state index contributed by atoms with van der Waals surface area (Å²) < 4.78 is 5.37. The van der Waals surface area contributed by atoms with Gasteiger partial charge in [-0.15, -0.1) is 0 Å². The van der Waals surface area contributed by atoms with E-state index in [4.69, 9.17) is 22.1 Å². The summed E-state index contributed by atoms with van der Waals surface area (Å²) in [5.41, 5.74) is 9.48. The number of nitrogens with zero attached hydrogens (tertiary/aromatic N) is 1. The number of amides is 2. The van der Waals surface area contributed by atoms with Crippen LogP contribution in [0, 0.1) is 6.92 Å². The van der Waals surface area contributed by atoms with E-state index in [1.807, 2.05) is 26.0 Å². The zero-order valence-corrected chi connectivity index (χ0v) is 19.3. The van der Waals surface area contributed by atoms with Crippen molar-refractivity contribution >= 4 is 46.4 Å². The predicted octanol–water partition coefficient (Wildman–Crippen LogP) is 4.79. The Hall–Kier alpha value is -4.10. The molecule has 3 N–H and O–H groups in total. The van der Waals surface area contributed by atoms with Crippen molar-refractivity contribution in [1.29, 1.82) is 0 Å². The highest BCUT2D eigenvalue weighted by Gasteiger charge is 2.38. The number of nitrogens with one attached hydrogen (secondary N) is 1. The average molecular weight is 476 g/mol. The molecule has 2 amide bonds. The standard InChI is InChI=1S/C26H22ClN3O4/c1-3-16-5-11-19(12-6-16)30-24(31)22(27)23(25(30)32)29-18-9-7-17(8-10-18)26(33)34-21-13-4-15(2)14-20(21)28/h4-14,29H,3,28H2,1-2H3. The molecule has 34 heavy (non-hydrogen) atoms. The monoisotopic (exact) mass is 475 g/mol. The minimum Gasteiger partial charge on any atom is -0.421 e. The largest absolute Gasteiger partial charge is 0.421 e. The van der Waals surface area contributed by atoms with Crippen molar-refractivity contribution < 1.29 is 19.1 Å². The first-order chi connectivity index (χ1) is 16.3. The van der Waals surface area contributed by atoms with Gasteiger partial charge in [-0.05, 0) is 73.0 Å². The molecule has 0 atom stereocenters. The smallest absolute Gasteiger partial charge is 0.343 e. The molecule has 0 aromatic heterocycles. The maximum atomic E-state index is 12.9. The van der Waals surface area contributed by atoms with Crippen molar-refractivity contribution in [2.75, 3.05) is 16.0 Å². The molecule has 172 valence electrons. The number of nitrogen functional groups attached to an aromatic ring is 1. The molecule has 1 aliphatic heterocycles. The molecule has 0 saturated carbocycles. The summed E-state index contributed by atoms with van der Waals surface area (Å²) in [4.78, 5) is 39.1. The summed E-state index contributed by atoms with van der Waals surface area (Å²) in [5.74, 6) is -1.46. The highest BCUT2D eigenvalue weighted by Crippen LogP contribution is 2.30. The van der Waals surface area contributed by atoms with Crippen LogP contribution in [0.25, 0.3) is 0 Å². The fraction of sp³-hybridized carbons (Fsp3) is 0.115. The lowest BCUT2D eigenvalue weighted by atomic mass is 10.1. The second-order valence-corrected chi connectivity index (χ2v) is 8.17. The van der Waals surface area contributed by atoms with Gasteiger partial charge >= 0.3 is 5.97 Å². The second-order valence-electron chi connectivity index (χ2n) is 7.79. The number of ether oxygens (including phenoxy) is 1. The van der Waals surface area contributed by atoms with Gasteiger partial charge in [0, 0.05) is 5.69 Å². The summed E-state index contributed by atoms with van der Waals surface area (Å²) in [6.07, 6.45) is 0.843. The van der Waals surface area contributed by atoms with Crippen molar-refractivity contribution in [3.8, 4) is 5.75 Å². The third-order valence-electron chi connectivity index (χ3n) is 5.39. The van der Waals surface area contributed by atoms with Gasteiger partial charge in [-0.25, -0.2) is 9.69 Å². The molecule has 0 aliphatic carbocycles. The van der Waals surface area contributed by atoms with Crippen LogP contribution in [-0.2, 0) is 16.0 Å². The molecule has 0 bridgehead atoms. The van der Waals surface area contributed by atoms with Crippen molar-refractivity contribution in [2.24, 2.45) is 0 Å². The molecule has 0 fully saturated rings. The van der Waals surface area contributed by atoms with Crippen molar-refractivity contribution in [3.05, 3.63) is 94.1 Å². The lowest BCUT2D eigenvalue weighted by Gasteiger charge is -2.15. The lowest BCUT2D eigenvalue weighted by molar-refractivity contribution is -0.120. The number of benzene rings is 3. The predicted molar refractivity (Wildman–Crippen MR) is 132 cm³/mol. The summed E-state index contributed by atoms with van der Waals surface area (Å²) in [6.45, 7) is 3.91. The van der Waals surface area contributed by atoms with Crippen LogP contribution >= 0.6 is 11.6 Å². The van der Waals surface area contributed by atoms with Gasteiger partial charge in [0.1, 0.15) is 10.7 Å². The maximum Gasteiger partial charge on any atom is 0.343 e. The third-order valence-corrected chi connectivity index (χ3v) is 5.74. The number of imide groups is 1. The van der Waals surface area contributed by atoms with E-state index in [-0.39, 0.29) is 22.0 Å². The number of nitrogens with two attached hydrogens (primary N) is 1. The normalized spacial score (nSPS) is 13.4. The lowest BCUT2D eigenvalue weighted by Crippen LogP contribution is -2.32. The molecule has 0 saturated heterocycles. The highest BCUT2D eigenvalue weighted by molar-refractivity contribution is 6.53. The summed E-state index contributed by atoms with van der Waals surface area (Å²) >= 11 is 6.19. The molecule has 0 unspecified atom stereocenters. The molecule has 3 aromatic carbocycles. The van der Waals surface area contributed by atoms with E-state index in [2.05, 4.69) is 5.32 Å². The van der Waals surface area contributed by atoms with E-state index in [0.717, 1.165) is 22.4 Å². The minimum atomic E-state index is -0.603. The molecule has 8 heteroatoms. The quantitative estimate of drug-likeness (QED) is 0.230. The van der Waals surface area contributed by atoms with Crippen LogP contribution in [-0.4, -0.2) is 17.8 Å². The number of anilines is 3. The van der Waals surface area contributed by atoms with Crippen molar-refractivity contribution in [2.45, 2.75) is 20.3 Å². The average Bonchev–Trinajstić information content (AvgIpc) is 3.04. The Morgan fingerprint density at radius 1 is 1.00 bits per heavy atom. The Bertz CT molecular complexity index is 1310. The van der Waals surface area contributed by atoms with Gasteiger partial charge in [0.05, 0.1) is 16.9 Å². The van der Waals surface area contributed by atoms with Gasteiger partial charge in [-0.2, -0.15) is 0 Å². The molecular formula is C26H22ClN3O4. The Kier molecular flexibility index (Phi) is 6.38. The Morgan fingerprint density at radius 3 is 2.29 bits per heavy atom. The van der Waals surface area contributed by atoms with Crippen LogP contribution in [0.15, 0.2) is 77.5 Å². The van der Waals surface area contributed by atoms with Crippen LogP contribution in [0.1, 0.15) is 28.4 Å². The summed E-state index contributed by atoms with van der Waals surface area (Å²) in [5, 5.41) is 2.68. The molecular weight excluding hydrogens is 454 g/mol. The molecule has 4 rings (SSSR count). The topological polar surface area (TPSA) is 102 Å². The number of carbonyl (C=O) groups is 3. The third kappa shape index (κ3) is 4.51. The Morgan fingerprint density at radius 2 is 1.68 bits per heavy atom. The van der Waals surface area contributed by atoms with E-state index in [0.29, 0.717) is 17.1 Å². The van der Waals surface area contributed by atoms with Crippen LogP contribution in [0.4, 0.5) is 17.1 Å². The molecule has 7 nitrogen and oxygen atoms in total. The molecule has 3 aromatic rings. The zero-order chi connectivity index (χ0) is 24.4. The zero-order valence-electron chi connectivity index (χ0n) is 18.6. The van der Waals surface area contributed by atoms with E-state index in [1.54, 1.807) is 42.5 Å². The number of hydrogen-bond acceptors (Lipinski definition) is 6. The number of carbonyl (C=O) groups excluding carboxylic acids is 3. The van der Waals surface area contributed by atoms with E-state index in [9.17, 15) is 14.4 Å². The SMILES string of the molecule is CCc1ccc(N2C(=O)C(Cl)=C(Nc3ccc(C(=O)Oc4ccc(C)cc4N)cc3)C2=O)cc1. The molecule has 0 spiro atoms. The first-order valence-electron chi connectivity index (χ1n) is 10.6. The summed E-state index contributed by atoms with van der Waals surface area (Å²) in [7, 11) is 0. The number of rotatable bonds is 6. The minimum absolute atomic E-state index is 0.0333. The fourth-order valence-electron chi connectivity index (χ4n) is 3.48. The first kappa shape index (κ1) is 23.1. The van der Waals surface area contributed by atoms with Crippen molar-refractivity contribution in [1.82, 2.24) is 0 Å². The van der Waals surface area contributed by atoms with Gasteiger partial charge in [0.25, 0.3) is 11.8 Å². The summed E-state index contributed by atoms with van der Waals surface area (Å²) in [6, 6.07) is 18.5. The van der Waals surface area contributed by atoms with E-state index in [1.165, 1.54) is 12.1 Å². The molecule has 0 radical (unpaired) electrons. The maximum absolute atomic E-state index is 12.9. The van der Waals surface area contributed by atoms with Crippen LogP contribution in [0.3, 0.4) is 0 Å². The van der Waals surface area contributed by atoms with Crippen molar-refractivity contribution in [3.63, 3.8) is 0 Å².